The topological polar surface area (TPSA) is 85.3 Å². The number of carbonyl (C=O) groups excluding carboxylic acids is 1. The first kappa shape index (κ1) is 19.5. The number of hydrogen-bond acceptors (Lipinski definition) is 5. The summed E-state index contributed by atoms with van der Waals surface area (Å²) in [5, 5.41) is 9.36. The smallest absolute Gasteiger partial charge is 0.309 e. The summed E-state index contributed by atoms with van der Waals surface area (Å²) in [6.45, 7) is 3.57. The molecule has 0 radical (unpaired) electrons. The van der Waals surface area contributed by atoms with Gasteiger partial charge in [-0.2, -0.15) is 0 Å². The van der Waals surface area contributed by atoms with E-state index >= 15 is 0 Å². The van der Waals surface area contributed by atoms with Crippen LogP contribution in [0.2, 0.25) is 0 Å². The Kier molecular flexibility index (Phi) is 5.89. The van der Waals surface area contributed by atoms with Crippen LogP contribution in [0.5, 0.6) is 11.5 Å². The van der Waals surface area contributed by atoms with Crippen molar-refractivity contribution >= 4 is 11.9 Å². The Morgan fingerprint density at radius 3 is 2.22 bits per heavy atom. The van der Waals surface area contributed by atoms with E-state index in [0.717, 1.165) is 18.4 Å². The van der Waals surface area contributed by atoms with Crippen LogP contribution < -0.4 is 9.47 Å². The number of methoxy groups -OCH3 is 2. The number of hydrogen-bond donors (Lipinski definition) is 1. The van der Waals surface area contributed by atoms with Crippen LogP contribution in [0.25, 0.3) is 0 Å². The third-order valence-electron chi connectivity index (χ3n) is 5.74. The zero-order valence-corrected chi connectivity index (χ0v) is 16.1. The molecule has 2 fully saturated rings. The Labute approximate surface area is 159 Å². The molecule has 0 spiro atoms. The van der Waals surface area contributed by atoms with E-state index in [0.29, 0.717) is 43.2 Å². The highest BCUT2D eigenvalue weighted by Gasteiger charge is 2.40. The number of benzene rings is 1. The second-order valence-electron chi connectivity index (χ2n) is 7.20. The number of aliphatic carboxylic acids is 1. The quantitative estimate of drug-likeness (QED) is 0.848. The third-order valence-corrected chi connectivity index (χ3v) is 5.74. The van der Waals surface area contributed by atoms with Crippen molar-refractivity contribution < 1.29 is 28.9 Å². The minimum Gasteiger partial charge on any atom is -0.496 e. The van der Waals surface area contributed by atoms with Crippen molar-refractivity contribution in [1.82, 2.24) is 4.90 Å². The van der Waals surface area contributed by atoms with Gasteiger partial charge in [0.05, 0.1) is 26.2 Å². The molecule has 1 unspecified atom stereocenters. The van der Waals surface area contributed by atoms with Gasteiger partial charge in [0.15, 0.2) is 0 Å². The number of amides is 1. The van der Waals surface area contributed by atoms with Gasteiger partial charge in [-0.05, 0) is 44.2 Å². The van der Waals surface area contributed by atoms with Crippen LogP contribution in [0, 0.1) is 18.8 Å². The van der Waals surface area contributed by atoms with Crippen LogP contribution >= 0.6 is 0 Å². The predicted octanol–water partition coefficient (Wildman–Crippen LogP) is 2.35. The first-order valence-corrected chi connectivity index (χ1v) is 9.32. The van der Waals surface area contributed by atoms with Gasteiger partial charge < -0.3 is 24.2 Å². The molecule has 2 aliphatic rings. The zero-order valence-electron chi connectivity index (χ0n) is 16.1. The van der Waals surface area contributed by atoms with Gasteiger partial charge in [0.1, 0.15) is 11.5 Å². The van der Waals surface area contributed by atoms with Crippen LogP contribution in [-0.4, -0.2) is 61.9 Å². The fourth-order valence-electron chi connectivity index (χ4n) is 4.16. The Morgan fingerprint density at radius 1 is 1.11 bits per heavy atom. The molecular formula is C20H27NO6. The summed E-state index contributed by atoms with van der Waals surface area (Å²) in [7, 11) is 3.14. The maximum absolute atomic E-state index is 12.9. The van der Waals surface area contributed by atoms with Gasteiger partial charge in [0.25, 0.3) is 5.91 Å². The molecular weight excluding hydrogens is 350 g/mol. The molecule has 7 nitrogen and oxygen atoms in total. The highest BCUT2D eigenvalue weighted by molar-refractivity contribution is 5.95. The van der Waals surface area contributed by atoms with E-state index in [4.69, 9.17) is 14.2 Å². The third kappa shape index (κ3) is 3.88. The van der Waals surface area contributed by atoms with Gasteiger partial charge in [-0.15, -0.1) is 0 Å². The van der Waals surface area contributed by atoms with E-state index in [1.54, 1.807) is 26.4 Å². The van der Waals surface area contributed by atoms with Crippen molar-refractivity contribution in [2.24, 2.45) is 11.8 Å². The van der Waals surface area contributed by atoms with Gasteiger partial charge >= 0.3 is 5.97 Å². The summed E-state index contributed by atoms with van der Waals surface area (Å²) >= 11 is 0. The number of ether oxygens (including phenoxy) is 3. The molecule has 0 aliphatic carbocycles. The minimum absolute atomic E-state index is 0.0628. The Bertz CT molecular complexity index is 685. The first-order valence-electron chi connectivity index (χ1n) is 9.32. The van der Waals surface area contributed by atoms with Gasteiger partial charge in [-0.25, -0.2) is 0 Å². The maximum Gasteiger partial charge on any atom is 0.309 e. The number of piperidine rings is 1. The van der Waals surface area contributed by atoms with Gasteiger partial charge in [0, 0.05) is 30.8 Å². The van der Waals surface area contributed by atoms with Crippen molar-refractivity contribution in [3.8, 4) is 11.5 Å². The monoisotopic (exact) mass is 377 g/mol. The number of carboxylic acid groups (broad SMARTS) is 1. The first-order chi connectivity index (χ1) is 13.0. The Balaban J connectivity index is 1.68. The van der Waals surface area contributed by atoms with Gasteiger partial charge in [-0.1, -0.05) is 0 Å². The molecule has 1 N–H and O–H groups in total. The van der Waals surface area contributed by atoms with E-state index in [1.807, 2.05) is 11.8 Å². The van der Waals surface area contributed by atoms with Crippen molar-refractivity contribution in [1.29, 1.82) is 0 Å². The summed E-state index contributed by atoms with van der Waals surface area (Å²) in [5.74, 6) is 0.150. The molecule has 0 bridgehead atoms. The fraction of sp³-hybridized carbons (Fsp3) is 0.600. The fourth-order valence-corrected chi connectivity index (χ4v) is 4.16. The van der Waals surface area contributed by atoms with E-state index in [-0.39, 0.29) is 17.9 Å². The second kappa shape index (κ2) is 8.17. The summed E-state index contributed by atoms with van der Waals surface area (Å²) in [4.78, 5) is 26.1. The van der Waals surface area contributed by atoms with E-state index < -0.39 is 11.9 Å². The normalized spacial score (nSPS) is 23.3. The SMILES string of the molecule is COc1cc(C(=O)N2CCC([C@@H]3OCCC3C(=O)O)CC2)cc(OC)c1C. The second-order valence-corrected chi connectivity index (χ2v) is 7.20. The van der Waals surface area contributed by atoms with Crippen LogP contribution in [0.4, 0.5) is 0 Å². The predicted molar refractivity (Wildman–Crippen MR) is 98.4 cm³/mol. The Hall–Kier alpha value is -2.28. The molecule has 2 aliphatic heterocycles. The molecule has 1 aromatic rings. The van der Waals surface area contributed by atoms with Crippen molar-refractivity contribution in [2.75, 3.05) is 33.9 Å². The minimum atomic E-state index is -0.783. The van der Waals surface area contributed by atoms with Gasteiger partial charge in [0.2, 0.25) is 0 Å². The molecule has 2 heterocycles. The van der Waals surface area contributed by atoms with E-state index in [2.05, 4.69) is 0 Å². The highest BCUT2D eigenvalue weighted by Crippen LogP contribution is 2.34. The molecule has 0 aromatic heterocycles. The van der Waals surface area contributed by atoms with Crippen molar-refractivity contribution in [3.05, 3.63) is 23.3 Å². The molecule has 148 valence electrons. The highest BCUT2D eigenvalue weighted by atomic mass is 16.5. The standard InChI is InChI=1S/C20H27NO6/c1-12-16(25-2)10-14(11-17(12)26-3)19(22)21-7-4-13(5-8-21)18-15(20(23)24)6-9-27-18/h10-11,13,15,18H,4-9H2,1-3H3,(H,23,24)/t15?,18-/m0/s1. The number of carbonyl (C=O) groups is 2. The lowest BCUT2D eigenvalue weighted by atomic mass is 9.84. The number of likely N-dealkylation sites (tertiary alicyclic amines) is 1. The largest absolute Gasteiger partial charge is 0.496 e. The lowest BCUT2D eigenvalue weighted by Gasteiger charge is -2.35. The molecule has 7 heteroatoms. The van der Waals surface area contributed by atoms with Crippen LogP contribution in [0.15, 0.2) is 12.1 Å². The molecule has 1 aromatic carbocycles. The number of rotatable bonds is 5. The molecule has 1 amide bonds. The molecule has 3 rings (SSSR count). The van der Waals surface area contributed by atoms with Crippen molar-refractivity contribution in [2.45, 2.75) is 32.3 Å². The van der Waals surface area contributed by atoms with Crippen LogP contribution in [0.1, 0.15) is 35.2 Å². The average molecular weight is 377 g/mol. The summed E-state index contributed by atoms with van der Waals surface area (Å²) < 4.78 is 16.4. The molecule has 2 saturated heterocycles. The lowest BCUT2D eigenvalue weighted by Crippen LogP contribution is -2.43. The van der Waals surface area contributed by atoms with Gasteiger partial charge in [-0.3, -0.25) is 9.59 Å². The van der Waals surface area contributed by atoms with E-state index in [9.17, 15) is 14.7 Å². The summed E-state index contributed by atoms with van der Waals surface area (Å²) in [6, 6.07) is 3.49. The van der Waals surface area contributed by atoms with Crippen molar-refractivity contribution in [3.63, 3.8) is 0 Å². The van der Waals surface area contributed by atoms with E-state index in [1.165, 1.54) is 0 Å². The number of carboxylic acids is 1. The summed E-state index contributed by atoms with van der Waals surface area (Å²) in [6.07, 6.45) is 1.84. The zero-order chi connectivity index (χ0) is 19.6. The molecule has 27 heavy (non-hydrogen) atoms. The molecule has 2 atom stereocenters. The maximum atomic E-state index is 12.9. The number of nitrogens with zero attached hydrogens (tertiary/aromatic N) is 1. The lowest BCUT2D eigenvalue weighted by molar-refractivity contribution is -0.145. The van der Waals surface area contributed by atoms with Crippen LogP contribution in [0.3, 0.4) is 0 Å². The average Bonchev–Trinajstić information content (AvgIpc) is 3.18. The summed E-state index contributed by atoms with van der Waals surface area (Å²) in [5.41, 5.74) is 1.39. The molecule has 0 saturated carbocycles. The Morgan fingerprint density at radius 2 is 1.70 bits per heavy atom. The van der Waals surface area contributed by atoms with Crippen LogP contribution in [-0.2, 0) is 9.53 Å².